The molecule has 1 unspecified atom stereocenters. The summed E-state index contributed by atoms with van der Waals surface area (Å²) in [6, 6.07) is 6.61. The van der Waals surface area contributed by atoms with Gasteiger partial charge in [-0.1, -0.05) is 12.1 Å². The van der Waals surface area contributed by atoms with E-state index in [0.29, 0.717) is 54.2 Å². The third-order valence-corrected chi connectivity index (χ3v) is 5.85. The Morgan fingerprint density at radius 3 is 2.45 bits per heavy atom. The summed E-state index contributed by atoms with van der Waals surface area (Å²) in [5.41, 5.74) is 1.68. The number of aryl methyl sites for hydroxylation is 1. The van der Waals surface area contributed by atoms with Gasteiger partial charge in [0.25, 0.3) is 5.91 Å². The van der Waals surface area contributed by atoms with Crippen LogP contribution in [0.4, 0.5) is 10.5 Å². The minimum Gasteiger partial charge on any atom is -0.450 e. The lowest BCUT2D eigenvalue weighted by molar-refractivity contribution is -0.136. The first-order valence-electron chi connectivity index (χ1n) is 10.1. The van der Waals surface area contributed by atoms with Gasteiger partial charge < -0.3 is 19.9 Å². The highest BCUT2D eigenvalue weighted by molar-refractivity contribution is 9.10. The molecule has 0 spiro atoms. The predicted molar refractivity (Wildman–Crippen MR) is 119 cm³/mol. The van der Waals surface area contributed by atoms with Gasteiger partial charge >= 0.3 is 6.09 Å². The minimum absolute atomic E-state index is 0.0883. The fourth-order valence-electron chi connectivity index (χ4n) is 3.34. The van der Waals surface area contributed by atoms with Crippen LogP contribution in [0.3, 0.4) is 0 Å². The molecule has 1 N–H and O–H groups in total. The van der Waals surface area contributed by atoms with Crippen molar-refractivity contribution in [2.24, 2.45) is 0 Å². The molecule has 0 aliphatic carbocycles. The van der Waals surface area contributed by atoms with Crippen molar-refractivity contribution < 1.29 is 19.1 Å². The van der Waals surface area contributed by atoms with Crippen molar-refractivity contribution in [3.8, 4) is 0 Å². The first kappa shape index (κ1) is 22.8. The largest absolute Gasteiger partial charge is 0.450 e. The van der Waals surface area contributed by atoms with Gasteiger partial charge in [-0.2, -0.15) is 5.10 Å². The van der Waals surface area contributed by atoms with E-state index in [4.69, 9.17) is 4.74 Å². The van der Waals surface area contributed by atoms with Gasteiger partial charge in [0.15, 0.2) is 0 Å². The number of nitrogens with zero attached hydrogens (tertiary/aromatic N) is 4. The number of hydrogen-bond donors (Lipinski definition) is 1. The topological polar surface area (TPSA) is 96.8 Å². The average Bonchev–Trinajstić information content (AvgIpc) is 3.13. The summed E-state index contributed by atoms with van der Waals surface area (Å²) < 4.78 is 7.27. The van der Waals surface area contributed by atoms with Crippen molar-refractivity contribution in [2.45, 2.75) is 26.8 Å². The van der Waals surface area contributed by atoms with Gasteiger partial charge in [0.2, 0.25) is 5.91 Å². The molecule has 3 amide bonds. The minimum atomic E-state index is -0.540. The number of anilines is 1. The standard InChI is InChI=1S/C21H26BrN5O4/c1-4-31-21(30)26-11-9-25(10-12-26)20(29)15(3)27-13-18(14(2)24-27)23-19(28)16-7-5-6-8-17(16)22/h5-8,13,15H,4,9-12H2,1-3H3,(H,23,28). The quantitative estimate of drug-likeness (QED) is 0.692. The number of nitrogens with one attached hydrogen (secondary N) is 1. The monoisotopic (exact) mass is 491 g/mol. The van der Waals surface area contributed by atoms with Gasteiger partial charge in [-0.3, -0.25) is 14.3 Å². The number of aromatic nitrogens is 2. The molecule has 1 saturated heterocycles. The Hall–Kier alpha value is -2.88. The summed E-state index contributed by atoms with van der Waals surface area (Å²) in [7, 11) is 0. The Balaban J connectivity index is 1.63. The molecule has 1 fully saturated rings. The van der Waals surface area contributed by atoms with Crippen LogP contribution in [0.15, 0.2) is 34.9 Å². The second-order valence-electron chi connectivity index (χ2n) is 7.23. The number of ether oxygens (including phenoxy) is 1. The smallest absolute Gasteiger partial charge is 0.409 e. The number of benzene rings is 1. The van der Waals surface area contributed by atoms with Crippen LogP contribution in [0.2, 0.25) is 0 Å². The van der Waals surface area contributed by atoms with E-state index < -0.39 is 6.04 Å². The zero-order chi connectivity index (χ0) is 22.5. The van der Waals surface area contributed by atoms with Gasteiger partial charge in [0.05, 0.1) is 23.6 Å². The number of halogens is 1. The zero-order valence-electron chi connectivity index (χ0n) is 17.8. The highest BCUT2D eigenvalue weighted by Crippen LogP contribution is 2.21. The SMILES string of the molecule is CCOC(=O)N1CCN(C(=O)C(C)n2cc(NC(=O)c3ccccc3Br)c(C)n2)CC1. The summed E-state index contributed by atoms with van der Waals surface area (Å²) in [5, 5.41) is 7.28. The molecule has 31 heavy (non-hydrogen) atoms. The Labute approximate surface area is 189 Å². The molecule has 2 heterocycles. The predicted octanol–water partition coefficient (Wildman–Crippen LogP) is 3.07. The Kier molecular flexibility index (Phi) is 7.32. The summed E-state index contributed by atoms with van der Waals surface area (Å²) in [6.07, 6.45) is 1.32. The molecule has 0 bridgehead atoms. The molecule has 0 radical (unpaired) electrons. The van der Waals surface area contributed by atoms with Crippen molar-refractivity contribution in [1.82, 2.24) is 19.6 Å². The molecule has 1 aromatic carbocycles. The number of rotatable bonds is 5. The van der Waals surface area contributed by atoms with E-state index in [-0.39, 0.29) is 17.9 Å². The van der Waals surface area contributed by atoms with Gasteiger partial charge in [-0.15, -0.1) is 0 Å². The second-order valence-corrected chi connectivity index (χ2v) is 8.08. The average molecular weight is 492 g/mol. The van der Waals surface area contributed by atoms with Gasteiger partial charge in [0.1, 0.15) is 6.04 Å². The maximum Gasteiger partial charge on any atom is 0.409 e. The van der Waals surface area contributed by atoms with E-state index in [1.54, 1.807) is 59.6 Å². The molecule has 0 saturated carbocycles. The van der Waals surface area contributed by atoms with Gasteiger partial charge in [-0.05, 0) is 48.8 Å². The maximum absolute atomic E-state index is 12.9. The second kappa shape index (κ2) is 9.95. The number of piperazine rings is 1. The van der Waals surface area contributed by atoms with E-state index in [1.165, 1.54) is 0 Å². The summed E-state index contributed by atoms with van der Waals surface area (Å²) >= 11 is 3.38. The van der Waals surface area contributed by atoms with Crippen LogP contribution in [0.25, 0.3) is 0 Å². The van der Waals surface area contributed by atoms with E-state index in [2.05, 4.69) is 26.3 Å². The molecule has 9 nitrogen and oxygen atoms in total. The highest BCUT2D eigenvalue weighted by atomic mass is 79.9. The zero-order valence-corrected chi connectivity index (χ0v) is 19.4. The Bertz CT molecular complexity index is 968. The van der Waals surface area contributed by atoms with Crippen LogP contribution in [0.1, 0.15) is 35.9 Å². The van der Waals surface area contributed by atoms with Crippen molar-refractivity contribution in [3.63, 3.8) is 0 Å². The van der Waals surface area contributed by atoms with Crippen molar-refractivity contribution in [1.29, 1.82) is 0 Å². The third-order valence-electron chi connectivity index (χ3n) is 5.15. The number of hydrogen-bond acceptors (Lipinski definition) is 5. The molecular formula is C21H26BrN5O4. The molecule has 166 valence electrons. The Morgan fingerprint density at radius 2 is 1.81 bits per heavy atom. The van der Waals surface area contributed by atoms with Crippen LogP contribution in [-0.2, 0) is 9.53 Å². The van der Waals surface area contributed by atoms with Gasteiger partial charge in [0, 0.05) is 36.8 Å². The van der Waals surface area contributed by atoms with Gasteiger partial charge in [-0.25, -0.2) is 4.79 Å². The molecule has 1 aliphatic rings. The van der Waals surface area contributed by atoms with Crippen LogP contribution in [0.5, 0.6) is 0 Å². The fraction of sp³-hybridized carbons (Fsp3) is 0.429. The first-order valence-corrected chi connectivity index (χ1v) is 10.9. The molecule has 1 aromatic heterocycles. The molecular weight excluding hydrogens is 466 g/mol. The molecule has 2 aromatic rings. The van der Waals surface area contributed by atoms with Crippen LogP contribution >= 0.6 is 15.9 Å². The molecule has 10 heteroatoms. The number of carbonyl (C=O) groups excluding carboxylic acids is 3. The molecule has 3 rings (SSSR count). The van der Waals surface area contributed by atoms with Crippen molar-refractivity contribution in [2.75, 3.05) is 38.1 Å². The number of amides is 3. The summed E-state index contributed by atoms with van der Waals surface area (Å²) in [5.74, 6) is -0.348. The van der Waals surface area contributed by atoms with E-state index in [0.717, 1.165) is 0 Å². The van der Waals surface area contributed by atoms with Crippen LogP contribution in [0, 0.1) is 6.92 Å². The van der Waals surface area contributed by atoms with E-state index in [9.17, 15) is 14.4 Å². The van der Waals surface area contributed by atoms with E-state index >= 15 is 0 Å². The fourth-order valence-corrected chi connectivity index (χ4v) is 3.80. The molecule has 1 atom stereocenters. The Morgan fingerprint density at radius 1 is 1.16 bits per heavy atom. The third kappa shape index (κ3) is 5.25. The van der Waals surface area contributed by atoms with Crippen molar-refractivity contribution >= 4 is 39.5 Å². The first-order chi connectivity index (χ1) is 14.8. The van der Waals surface area contributed by atoms with Crippen LogP contribution < -0.4 is 5.32 Å². The van der Waals surface area contributed by atoms with Crippen LogP contribution in [-0.4, -0.2) is 70.3 Å². The summed E-state index contributed by atoms with van der Waals surface area (Å²) in [6.45, 7) is 7.38. The van der Waals surface area contributed by atoms with E-state index in [1.807, 2.05) is 6.07 Å². The number of carbonyl (C=O) groups is 3. The highest BCUT2D eigenvalue weighted by Gasteiger charge is 2.29. The normalized spacial score (nSPS) is 14.8. The lowest BCUT2D eigenvalue weighted by atomic mass is 10.2. The molecule has 1 aliphatic heterocycles. The lowest BCUT2D eigenvalue weighted by Gasteiger charge is -2.35. The summed E-state index contributed by atoms with van der Waals surface area (Å²) in [4.78, 5) is 40.7. The maximum atomic E-state index is 12.9. The lowest BCUT2D eigenvalue weighted by Crippen LogP contribution is -2.52. The van der Waals surface area contributed by atoms with Crippen molar-refractivity contribution in [3.05, 3.63) is 46.2 Å².